The molecule has 0 saturated carbocycles. The number of phenolic OH excluding ortho intramolecular Hbond substituents is 1. The highest BCUT2D eigenvalue weighted by molar-refractivity contribution is 6.30. The largest absolute Gasteiger partial charge is 0.507 e. The van der Waals surface area contributed by atoms with Crippen molar-refractivity contribution in [1.29, 1.82) is 0 Å². The summed E-state index contributed by atoms with van der Waals surface area (Å²) in [7, 11) is 3.36. The van der Waals surface area contributed by atoms with Crippen molar-refractivity contribution >= 4 is 34.5 Å². The molecular weight excluding hydrogens is 527 g/mol. The van der Waals surface area contributed by atoms with E-state index in [0.717, 1.165) is 0 Å². The van der Waals surface area contributed by atoms with Crippen LogP contribution in [-0.2, 0) is 22.3 Å². The Balaban J connectivity index is 0.000000410. The molecule has 2 atom stereocenters. The first-order valence-corrected chi connectivity index (χ1v) is 10.5. The Morgan fingerprint density at radius 1 is 1.05 bits per heavy atom. The van der Waals surface area contributed by atoms with Crippen molar-refractivity contribution in [3.05, 3.63) is 63.0 Å². The number of aliphatic hydroxyl groups excluding tert-OH is 2. The first-order chi connectivity index (χ1) is 17.1. The number of aromatic hydroxyl groups is 1. The molecular formula is C23H21ClF3NO9. The average molecular weight is 548 g/mol. The number of fused-ring (bicyclic) bond motifs is 1. The van der Waals surface area contributed by atoms with Crippen molar-refractivity contribution < 1.29 is 52.7 Å². The van der Waals surface area contributed by atoms with Gasteiger partial charge >= 0.3 is 18.1 Å². The van der Waals surface area contributed by atoms with Gasteiger partial charge < -0.3 is 34.8 Å². The van der Waals surface area contributed by atoms with Gasteiger partial charge in [-0.1, -0.05) is 23.7 Å². The highest BCUT2D eigenvalue weighted by Gasteiger charge is 2.40. The van der Waals surface area contributed by atoms with Crippen LogP contribution in [-0.4, -0.2) is 68.7 Å². The summed E-state index contributed by atoms with van der Waals surface area (Å²) in [5, 5.41) is 42.7. The molecule has 0 aliphatic heterocycles. The highest BCUT2D eigenvalue weighted by atomic mass is 35.5. The summed E-state index contributed by atoms with van der Waals surface area (Å²) >= 11 is 5.88. The van der Waals surface area contributed by atoms with Crippen LogP contribution in [0.15, 0.2) is 45.6 Å². The zero-order valence-corrected chi connectivity index (χ0v) is 19.9. The first-order valence-electron chi connectivity index (χ1n) is 10.2. The molecule has 1 aromatic heterocycles. The Bertz CT molecular complexity index is 1350. The fraction of sp³-hybridized carbons (Fsp3) is 0.261. The second-order valence-electron chi connectivity index (χ2n) is 7.89. The normalized spacial score (nSPS) is 13.1. The third-order valence-electron chi connectivity index (χ3n) is 4.79. The number of halogens is 4. The lowest BCUT2D eigenvalue weighted by atomic mass is 10.00. The second kappa shape index (κ2) is 11.6. The lowest BCUT2D eigenvalue weighted by molar-refractivity contribution is -0.165. The van der Waals surface area contributed by atoms with Crippen molar-refractivity contribution in [1.82, 2.24) is 4.90 Å². The Kier molecular flexibility index (Phi) is 9.27. The fourth-order valence-electron chi connectivity index (χ4n) is 3.15. The summed E-state index contributed by atoms with van der Waals surface area (Å²) in [4.78, 5) is 34.1. The van der Waals surface area contributed by atoms with Gasteiger partial charge in [-0.25, -0.2) is 9.59 Å². The number of aliphatic carboxylic acids is 2. The number of rotatable bonds is 6. The number of carbonyl (C=O) groups is 2. The van der Waals surface area contributed by atoms with Crippen molar-refractivity contribution in [3.63, 3.8) is 0 Å². The molecule has 0 spiro atoms. The van der Waals surface area contributed by atoms with Crippen molar-refractivity contribution in [2.24, 2.45) is 0 Å². The molecule has 0 amide bonds. The molecule has 0 bridgehead atoms. The molecule has 14 heteroatoms. The van der Waals surface area contributed by atoms with E-state index in [2.05, 4.69) is 0 Å². The van der Waals surface area contributed by atoms with Crippen LogP contribution < -0.4 is 5.43 Å². The van der Waals surface area contributed by atoms with Crippen LogP contribution in [0.3, 0.4) is 0 Å². The third kappa shape index (κ3) is 6.98. The average Bonchev–Trinajstić information content (AvgIpc) is 2.79. The van der Waals surface area contributed by atoms with Gasteiger partial charge in [0.25, 0.3) is 0 Å². The van der Waals surface area contributed by atoms with Crippen LogP contribution in [0.1, 0.15) is 11.3 Å². The summed E-state index contributed by atoms with van der Waals surface area (Å²) in [5.41, 5.74) is -1.62. The number of phenols is 1. The number of alkyl halides is 3. The zero-order valence-electron chi connectivity index (χ0n) is 19.2. The minimum Gasteiger partial charge on any atom is -0.507 e. The van der Waals surface area contributed by atoms with Crippen LogP contribution in [0.25, 0.3) is 22.1 Å². The molecule has 2 aromatic carbocycles. The molecule has 200 valence electrons. The van der Waals surface area contributed by atoms with Gasteiger partial charge in [0.15, 0.2) is 12.2 Å². The number of aliphatic hydroxyl groups is 2. The van der Waals surface area contributed by atoms with E-state index in [1.165, 1.54) is 36.4 Å². The van der Waals surface area contributed by atoms with E-state index < -0.39 is 47.1 Å². The van der Waals surface area contributed by atoms with Gasteiger partial charge in [0.1, 0.15) is 11.3 Å². The topological polar surface area (TPSA) is 169 Å². The Morgan fingerprint density at radius 2 is 1.62 bits per heavy atom. The Hall–Kier alpha value is -3.65. The van der Waals surface area contributed by atoms with Crippen molar-refractivity contribution in [2.45, 2.75) is 24.9 Å². The van der Waals surface area contributed by atoms with Crippen molar-refractivity contribution in [3.8, 4) is 16.9 Å². The molecule has 3 rings (SSSR count). The first kappa shape index (κ1) is 29.6. The van der Waals surface area contributed by atoms with Crippen LogP contribution in [0.4, 0.5) is 13.2 Å². The number of carboxylic acid groups (broad SMARTS) is 2. The number of nitrogens with zero attached hydrogens (tertiary/aromatic N) is 1. The predicted molar refractivity (Wildman–Crippen MR) is 124 cm³/mol. The van der Waals surface area contributed by atoms with Crippen LogP contribution >= 0.6 is 11.6 Å². The molecule has 2 unspecified atom stereocenters. The highest BCUT2D eigenvalue weighted by Crippen LogP contribution is 2.39. The quantitative estimate of drug-likeness (QED) is 0.309. The number of benzene rings is 2. The van der Waals surface area contributed by atoms with E-state index in [1.54, 1.807) is 19.0 Å². The second-order valence-corrected chi connectivity index (χ2v) is 8.32. The monoisotopic (exact) mass is 547 g/mol. The molecule has 1 heterocycles. The summed E-state index contributed by atoms with van der Waals surface area (Å²) in [6.45, 7) is 0.0971. The Morgan fingerprint density at radius 3 is 2.08 bits per heavy atom. The minimum atomic E-state index is -4.91. The summed E-state index contributed by atoms with van der Waals surface area (Å²) in [5.74, 6) is -5.21. The van der Waals surface area contributed by atoms with Gasteiger partial charge in [-0.2, -0.15) is 13.2 Å². The lowest BCUT2D eigenvalue weighted by Crippen LogP contribution is -2.39. The molecule has 0 radical (unpaired) electrons. The zero-order chi connectivity index (χ0) is 28.2. The Labute approximate surface area is 211 Å². The van der Waals surface area contributed by atoms with Crippen molar-refractivity contribution in [2.75, 3.05) is 14.1 Å². The van der Waals surface area contributed by atoms with Gasteiger partial charge in [0.2, 0.25) is 11.2 Å². The van der Waals surface area contributed by atoms with Gasteiger partial charge in [-0.05, 0) is 43.9 Å². The number of hydrogen-bond donors (Lipinski definition) is 5. The maximum Gasteiger partial charge on any atom is 0.450 e. The molecule has 0 aliphatic carbocycles. The van der Waals surface area contributed by atoms with Crippen LogP contribution in [0, 0.1) is 0 Å². The molecule has 10 nitrogen and oxygen atoms in total. The molecule has 37 heavy (non-hydrogen) atoms. The molecule has 5 N–H and O–H groups in total. The third-order valence-corrected chi connectivity index (χ3v) is 5.02. The molecule has 0 aliphatic rings. The van der Waals surface area contributed by atoms with E-state index in [1.807, 2.05) is 0 Å². The summed E-state index contributed by atoms with van der Waals surface area (Å²) in [6.07, 6.45) is -9.44. The standard InChI is InChI=1S/C19H15ClF3NO3.C4H6O6/c1-24(2)9-13-14(25)7-6-12-16(26)15(10-4-3-5-11(20)8-10)18(19(21,22)23)27-17(12)13;5-1(3(7)8)2(6)4(9)10/h3-8,25H,9H2,1-2H3;1-2,5-6H,(H,7,8)(H,9,10). The number of carboxylic acids is 2. The van der Waals surface area contributed by atoms with Gasteiger partial charge in [-0.15, -0.1) is 0 Å². The van der Waals surface area contributed by atoms with E-state index in [0.29, 0.717) is 0 Å². The summed E-state index contributed by atoms with van der Waals surface area (Å²) in [6, 6.07) is 8.11. The molecule has 3 aromatic rings. The maximum absolute atomic E-state index is 13.7. The number of hydrogen-bond acceptors (Lipinski definition) is 8. The van der Waals surface area contributed by atoms with E-state index in [9.17, 15) is 32.7 Å². The van der Waals surface area contributed by atoms with Crippen LogP contribution in [0.5, 0.6) is 5.75 Å². The van der Waals surface area contributed by atoms with E-state index >= 15 is 0 Å². The van der Waals surface area contributed by atoms with Gasteiger partial charge in [0, 0.05) is 11.6 Å². The van der Waals surface area contributed by atoms with Crippen LogP contribution in [0.2, 0.25) is 5.02 Å². The van der Waals surface area contributed by atoms with E-state index in [4.69, 9.17) is 36.4 Å². The minimum absolute atomic E-state index is 0.00714. The van der Waals surface area contributed by atoms with Gasteiger partial charge in [-0.3, -0.25) is 4.79 Å². The van der Waals surface area contributed by atoms with E-state index in [-0.39, 0.29) is 39.4 Å². The SMILES string of the molecule is CN(C)Cc1c(O)ccc2c(=O)c(-c3cccc(Cl)c3)c(C(F)(F)F)oc12.O=C(O)C(O)C(O)C(=O)O. The summed E-state index contributed by atoms with van der Waals surface area (Å²) < 4.78 is 46.3. The maximum atomic E-state index is 13.7. The molecule has 0 fully saturated rings. The predicted octanol–water partition coefficient (Wildman–Crippen LogP) is 2.78. The van der Waals surface area contributed by atoms with Gasteiger partial charge in [0.05, 0.1) is 16.5 Å². The molecule has 0 saturated heterocycles. The lowest BCUT2D eigenvalue weighted by Gasteiger charge is -2.17. The fourth-order valence-corrected chi connectivity index (χ4v) is 3.34. The smallest absolute Gasteiger partial charge is 0.450 e.